The summed E-state index contributed by atoms with van der Waals surface area (Å²) in [4.78, 5) is 24.5. The molecule has 0 saturated heterocycles. The lowest BCUT2D eigenvalue weighted by Crippen LogP contribution is -2.30. The molecule has 8 nitrogen and oxygen atoms in total. The van der Waals surface area contributed by atoms with Crippen LogP contribution in [0.2, 0.25) is 0 Å². The van der Waals surface area contributed by atoms with Crippen molar-refractivity contribution < 1.29 is 4.79 Å². The normalized spacial score (nSPS) is 12.1. The van der Waals surface area contributed by atoms with Crippen LogP contribution in [-0.2, 0) is 11.3 Å². The number of hydrogen-bond donors (Lipinski definition) is 1. The largest absolute Gasteiger partial charge is 0.350 e. The predicted octanol–water partition coefficient (Wildman–Crippen LogP) is 1.04. The number of pyridine rings is 1. The minimum atomic E-state index is -0.408. The molecular formula is C15H17N7O. The van der Waals surface area contributed by atoms with Crippen molar-refractivity contribution in [1.82, 2.24) is 34.6 Å². The summed E-state index contributed by atoms with van der Waals surface area (Å²) in [6, 6.07) is 3.39. The summed E-state index contributed by atoms with van der Waals surface area (Å²) in [5, 5.41) is 6.87. The third-order valence-electron chi connectivity index (χ3n) is 3.56. The highest BCUT2D eigenvalue weighted by Gasteiger charge is 2.15. The maximum absolute atomic E-state index is 12.2. The molecule has 3 aromatic heterocycles. The lowest BCUT2D eigenvalue weighted by molar-refractivity contribution is -0.124. The Bertz CT molecular complexity index is 794. The van der Waals surface area contributed by atoms with Gasteiger partial charge in [0.05, 0.1) is 0 Å². The number of rotatable bonds is 5. The van der Waals surface area contributed by atoms with E-state index in [4.69, 9.17) is 0 Å². The molecule has 118 valence electrons. The summed E-state index contributed by atoms with van der Waals surface area (Å²) >= 11 is 0. The zero-order valence-corrected chi connectivity index (χ0v) is 12.9. The molecule has 0 radical (unpaired) electrons. The van der Waals surface area contributed by atoms with E-state index in [2.05, 4.69) is 25.4 Å². The number of hydrogen-bond acceptors (Lipinski definition) is 5. The molecule has 8 heteroatoms. The molecule has 0 aliphatic carbocycles. The molecule has 0 aliphatic rings. The van der Waals surface area contributed by atoms with Crippen molar-refractivity contribution in [3.05, 3.63) is 54.8 Å². The van der Waals surface area contributed by atoms with Crippen LogP contribution in [0.5, 0.6) is 0 Å². The number of nitrogens with zero attached hydrogens (tertiary/aromatic N) is 6. The topological polar surface area (TPSA) is 90.5 Å². The molecular weight excluding hydrogens is 294 g/mol. The van der Waals surface area contributed by atoms with Gasteiger partial charge in [0.2, 0.25) is 5.91 Å². The number of carbonyl (C=O) groups is 1. The van der Waals surface area contributed by atoms with Gasteiger partial charge in [-0.15, -0.1) is 0 Å². The van der Waals surface area contributed by atoms with Gasteiger partial charge in [-0.05, 0) is 31.5 Å². The predicted molar refractivity (Wildman–Crippen MR) is 82.7 cm³/mol. The van der Waals surface area contributed by atoms with Gasteiger partial charge in [-0.25, -0.2) is 19.6 Å². The summed E-state index contributed by atoms with van der Waals surface area (Å²) in [7, 11) is 0. The molecule has 3 aromatic rings. The smallest absolute Gasteiger partial charge is 0.244 e. The van der Waals surface area contributed by atoms with Crippen LogP contribution in [-0.4, -0.2) is 35.2 Å². The van der Waals surface area contributed by atoms with Gasteiger partial charge in [0, 0.05) is 25.1 Å². The molecule has 1 atom stereocenters. The molecule has 0 aromatic carbocycles. The van der Waals surface area contributed by atoms with Crippen molar-refractivity contribution in [3.8, 4) is 5.82 Å². The van der Waals surface area contributed by atoms with Gasteiger partial charge < -0.3 is 5.32 Å². The number of amides is 1. The first kappa shape index (κ1) is 14.9. The molecule has 0 fully saturated rings. The Labute approximate surface area is 133 Å². The third-order valence-corrected chi connectivity index (χ3v) is 3.56. The van der Waals surface area contributed by atoms with E-state index in [1.54, 1.807) is 19.3 Å². The lowest BCUT2D eigenvalue weighted by atomic mass is 10.2. The van der Waals surface area contributed by atoms with Gasteiger partial charge in [0.25, 0.3) is 0 Å². The van der Waals surface area contributed by atoms with Crippen LogP contribution in [0.1, 0.15) is 24.4 Å². The molecule has 1 unspecified atom stereocenters. The van der Waals surface area contributed by atoms with Crippen molar-refractivity contribution in [3.63, 3.8) is 0 Å². The maximum atomic E-state index is 12.2. The van der Waals surface area contributed by atoms with Crippen molar-refractivity contribution >= 4 is 5.91 Å². The second-order valence-corrected chi connectivity index (χ2v) is 5.14. The molecule has 0 aliphatic heterocycles. The number of imidazole rings is 1. The molecule has 23 heavy (non-hydrogen) atoms. The maximum Gasteiger partial charge on any atom is 0.244 e. The Kier molecular flexibility index (Phi) is 4.13. The number of nitrogens with one attached hydrogen (secondary N) is 1. The van der Waals surface area contributed by atoms with E-state index in [0.29, 0.717) is 6.54 Å². The van der Waals surface area contributed by atoms with Crippen molar-refractivity contribution in [1.29, 1.82) is 0 Å². The van der Waals surface area contributed by atoms with Crippen LogP contribution in [0.15, 0.2) is 43.4 Å². The fourth-order valence-corrected chi connectivity index (χ4v) is 2.20. The van der Waals surface area contributed by atoms with E-state index in [1.165, 1.54) is 17.3 Å². The minimum Gasteiger partial charge on any atom is -0.350 e. The molecule has 0 saturated carbocycles. The zero-order valence-electron chi connectivity index (χ0n) is 12.9. The Morgan fingerprint density at radius 3 is 2.91 bits per heavy atom. The Morgan fingerprint density at radius 2 is 2.22 bits per heavy atom. The summed E-state index contributed by atoms with van der Waals surface area (Å²) in [6.45, 7) is 4.11. The molecule has 1 amide bonds. The first-order valence-electron chi connectivity index (χ1n) is 7.22. The number of aryl methyl sites for hydroxylation is 1. The average molecular weight is 311 g/mol. The average Bonchev–Trinajstić information content (AvgIpc) is 3.23. The molecule has 0 spiro atoms. The van der Waals surface area contributed by atoms with Crippen LogP contribution in [0, 0.1) is 6.92 Å². The summed E-state index contributed by atoms with van der Waals surface area (Å²) in [6.07, 6.45) is 8.23. The summed E-state index contributed by atoms with van der Waals surface area (Å²) in [5.41, 5.74) is 0.960. The highest BCUT2D eigenvalue weighted by atomic mass is 16.2. The highest BCUT2D eigenvalue weighted by molar-refractivity contribution is 5.79. The lowest BCUT2D eigenvalue weighted by Gasteiger charge is -2.12. The second kappa shape index (κ2) is 6.39. The number of aromatic nitrogens is 6. The first-order valence-corrected chi connectivity index (χ1v) is 7.22. The van der Waals surface area contributed by atoms with E-state index in [1.807, 2.05) is 29.8 Å². The van der Waals surface area contributed by atoms with Crippen LogP contribution in [0.25, 0.3) is 5.82 Å². The molecule has 0 bridgehead atoms. The van der Waals surface area contributed by atoms with Gasteiger partial charge in [-0.3, -0.25) is 9.36 Å². The monoisotopic (exact) mass is 311 g/mol. The zero-order chi connectivity index (χ0) is 16.2. The third kappa shape index (κ3) is 3.25. The Hall–Kier alpha value is -3.03. The highest BCUT2D eigenvalue weighted by Crippen LogP contribution is 2.10. The fourth-order valence-electron chi connectivity index (χ4n) is 2.20. The number of carbonyl (C=O) groups excluding carboxylic acids is 1. The van der Waals surface area contributed by atoms with Gasteiger partial charge >= 0.3 is 0 Å². The standard InChI is InChI=1S/C15H17N7O/c1-11(22-10-16-9-20-22)15(23)19-8-13-3-4-18-14(7-13)21-6-5-17-12(21)2/h3-7,9-11H,8H2,1-2H3,(H,19,23). The Morgan fingerprint density at radius 1 is 1.35 bits per heavy atom. The second-order valence-electron chi connectivity index (χ2n) is 5.14. The van der Waals surface area contributed by atoms with Crippen LogP contribution < -0.4 is 5.32 Å². The van der Waals surface area contributed by atoms with Crippen molar-refractivity contribution in [2.75, 3.05) is 0 Å². The molecule has 3 heterocycles. The summed E-state index contributed by atoms with van der Waals surface area (Å²) in [5.74, 6) is 1.52. The SMILES string of the molecule is Cc1nccn1-c1cc(CNC(=O)C(C)n2cncn2)ccn1. The van der Waals surface area contributed by atoms with E-state index in [0.717, 1.165) is 17.2 Å². The van der Waals surface area contributed by atoms with Gasteiger partial charge in [0.1, 0.15) is 30.3 Å². The van der Waals surface area contributed by atoms with Crippen molar-refractivity contribution in [2.45, 2.75) is 26.4 Å². The van der Waals surface area contributed by atoms with Crippen LogP contribution >= 0.6 is 0 Å². The van der Waals surface area contributed by atoms with Gasteiger partial charge in [0.15, 0.2) is 0 Å². The van der Waals surface area contributed by atoms with Crippen molar-refractivity contribution in [2.24, 2.45) is 0 Å². The van der Waals surface area contributed by atoms with Gasteiger partial charge in [-0.1, -0.05) is 0 Å². The van der Waals surface area contributed by atoms with Crippen LogP contribution in [0.3, 0.4) is 0 Å². The summed E-state index contributed by atoms with van der Waals surface area (Å²) < 4.78 is 3.41. The fraction of sp³-hybridized carbons (Fsp3) is 0.267. The van der Waals surface area contributed by atoms with E-state index in [-0.39, 0.29) is 5.91 Å². The van der Waals surface area contributed by atoms with Crippen LogP contribution in [0.4, 0.5) is 0 Å². The van der Waals surface area contributed by atoms with Gasteiger partial charge in [-0.2, -0.15) is 5.10 Å². The van der Waals surface area contributed by atoms with E-state index >= 15 is 0 Å². The quantitative estimate of drug-likeness (QED) is 0.760. The van der Waals surface area contributed by atoms with E-state index < -0.39 is 6.04 Å². The molecule has 1 N–H and O–H groups in total. The Balaban J connectivity index is 1.67. The molecule has 3 rings (SSSR count). The minimum absolute atomic E-state index is 0.118. The van der Waals surface area contributed by atoms with E-state index in [9.17, 15) is 4.79 Å². The first-order chi connectivity index (χ1) is 11.1.